The van der Waals surface area contributed by atoms with Gasteiger partial charge in [-0.05, 0) is 17.2 Å². The lowest BCUT2D eigenvalue weighted by Crippen LogP contribution is -2.39. The van der Waals surface area contributed by atoms with E-state index in [1.807, 2.05) is 60.7 Å². The molecule has 0 saturated heterocycles. The van der Waals surface area contributed by atoms with E-state index in [9.17, 15) is 9.59 Å². The van der Waals surface area contributed by atoms with Crippen molar-refractivity contribution < 1.29 is 4.84 Å². The van der Waals surface area contributed by atoms with Crippen LogP contribution in [0.1, 0.15) is 16.7 Å². The first kappa shape index (κ1) is 19.3. The molecule has 0 amide bonds. The minimum absolute atomic E-state index is 0.195. The summed E-state index contributed by atoms with van der Waals surface area (Å²) in [5, 5.41) is 4.31. The van der Waals surface area contributed by atoms with Crippen molar-refractivity contribution in [3.63, 3.8) is 0 Å². The van der Waals surface area contributed by atoms with Crippen LogP contribution in [0.5, 0.6) is 0 Å². The van der Waals surface area contributed by atoms with Gasteiger partial charge in [0.05, 0.1) is 18.1 Å². The molecule has 0 bridgehead atoms. The second-order valence-corrected chi connectivity index (χ2v) is 6.85. The van der Waals surface area contributed by atoms with Crippen LogP contribution in [0.3, 0.4) is 0 Å². The van der Waals surface area contributed by atoms with Crippen LogP contribution < -0.4 is 11.2 Å². The van der Waals surface area contributed by atoms with Gasteiger partial charge >= 0.3 is 5.69 Å². The van der Waals surface area contributed by atoms with E-state index in [0.717, 1.165) is 11.1 Å². The second-order valence-electron chi connectivity index (χ2n) is 6.85. The van der Waals surface area contributed by atoms with Gasteiger partial charge < -0.3 is 4.84 Å². The normalized spacial score (nSPS) is 11.2. The summed E-state index contributed by atoms with van der Waals surface area (Å²) in [4.78, 5) is 35.3. The van der Waals surface area contributed by atoms with Crippen molar-refractivity contribution in [3.8, 4) is 0 Å². The molecule has 2 heterocycles. The minimum Gasteiger partial charge on any atom is -0.391 e. The van der Waals surface area contributed by atoms with E-state index in [0.29, 0.717) is 23.2 Å². The van der Waals surface area contributed by atoms with Crippen molar-refractivity contribution in [1.29, 1.82) is 0 Å². The monoisotopic (exact) mass is 400 g/mol. The van der Waals surface area contributed by atoms with E-state index in [-0.39, 0.29) is 12.1 Å². The Morgan fingerprint density at radius 1 is 1.00 bits per heavy atom. The molecule has 0 N–H and O–H groups in total. The van der Waals surface area contributed by atoms with E-state index in [4.69, 9.17) is 4.84 Å². The molecule has 150 valence electrons. The summed E-state index contributed by atoms with van der Waals surface area (Å²) in [7, 11) is 1.61. The first-order valence-electron chi connectivity index (χ1n) is 9.46. The van der Waals surface area contributed by atoms with Gasteiger partial charge in [-0.3, -0.25) is 13.9 Å². The average molecular weight is 400 g/mol. The van der Waals surface area contributed by atoms with Crippen LogP contribution >= 0.6 is 0 Å². The summed E-state index contributed by atoms with van der Waals surface area (Å²) in [5.41, 5.74) is 2.02. The molecule has 0 fully saturated rings. The Labute approximate surface area is 172 Å². The first-order chi connectivity index (χ1) is 14.6. The molecule has 4 aromatic rings. The molecule has 0 aliphatic heterocycles. The minimum atomic E-state index is -0.406. The Kier molecular flexibility index (Phi) is 5.52. The molecule has 7 heteroatoms. The number of benzene rings is 2. The highest BCUT2D eigenvalue weighted by Crippen LogP contribution is 2.08. The zero-order valence-corrected chi connectivity index (χ0v) is 16.4. The van der Waals surface area contributed by atoms with E-state index in [2.05, 4.69) is 10.1 Å². The molecule has 0 aliphatic rings. The zero-order valence-electron chi connectivity index (χ0n) is 16.4. The maximum Gasteiger partial charge on any atom is 0.332 e. The van der Waals surface area contributed by atoms with Gasteiger partial charge in [0.2, 0.25) is 0 Å². The fourth-order valence-corrected chi connectivity index (χ4v) is 3.16. The molecule has 0 unspecified atom stereocenters. The molecule has 0 radical (unpaired) electrons. The quantitative estimate of drug-likeness (QED) is 0.368. The highest BCUT2D eigenvalue weighted by molar-refractivity contribution is 5.85. The van der Waals surface area contributed by atoms with Crippen molar-refractivity contribution in [2.75, 3.05) is 0 Å². The lowest BCUT2D eigenvalue weighted by atomic mass is 10.2. The van der Waals surface area contributed by atoms with Crippen molar-refractivity contribution in [2.24, 2.45) is 12.2 Å². The number of hydrogen-bond donors (Lipinski definition) is 0. The zero-order chi connectivity index (χ0) is 20.9. The summed E-state index contributed by atoms with van der Waals surface area (Å²) in [6, 6.07) is 20.7. The van der Waals surface area contributed by atoms with E-state index in [1.165, 1.54) is 15.3 Å². The van der Waals surface area contributed by atoms with Crippen LogP contribution in [-0.4, -0.2) is 20.3 Å². The fraction of sp³-hybridized carbons (Fsp3) is 0.130. The van der Waals surface area contributed by atoms with Crippen molar-refractivity contribution in [1.82, 2.24) is 14.1 Å². The highest BCUT2D eigenvalue weighted by Gasteiger charge is 2.13. The number of hydrogen-bond acceptors (Lipinski definition) is 5. The van der Waals surface area contributed by atoms with Gasteiger partial charge in [-0.1, -0.05) is 65.8 Å². The van der Waals surface area contributed by atoms with Crippen molar-refractivity contribution in [3.05, 3.63) is 110 Å². The van der Waals surface area contributed by atoms with E-state index in [1.54, 1.807) is 19.3 Å². The van der Waals surface area contributed by atoms with Crippen LogP contribution in [0.2, 0.25) is 0 Å². The SMILES string of the molecule is Cn1c(=O)n(Cc2ccccc2)c(=O)c2cc(/C=N/OCc3ccccc3)cnc21. The van der Waals surface area contributed by atoms with Gasteiger partial charge in [-0.25, -0.2) is 9.78 Å². The summed E-state index contributed by atoms with van der Waals surface area (Å²) < 4.78 is 2.60. The van der Waals surface area contributed by atoms with Crippen LogP contribution in [0, 0.1) is 0 Å². The number of pyridine rings is 1. The summed E-state index contributed by atoms with van der Waals surface area (Å²) in [5.74, 6) is 0. The highest BCUT2D eigenvalue weighted by atomic mass is 16.6. The van der Waals surface area contributed by atoms with Gasteiger partial charge in [-0.2, -0.15) is 0 Å². The number of fused-ring (bicyclic) bond motifs is 1. The topological polar surface area (TPSA) is 78.5 Å². The maximum absolute atomic E-state index is 13.0. The predicted molar refractivity (Wildman–Crippen MR) is 116 cm³/mol. The third kappa shape index (κ3) is 4.05. The van der Waals surface area contributed by atoms with Gasteiger partial charge in [0, 0.05) is 18.8 Å². The molecule has 0 spiro atoms. The Balaban J connectivity index is 1.63. The Morgan fingerprint density at radius 3 is 2.37 bits per heavy atom. The number of aryl methyl sites for hydroxylation is 1. The van der Waals surface area contributed by atoms with Crippen LogP contribution in [0.4, 0.5) is 0 Å². The van der Waals surface area contributed by atoms with Crippen LogP contribution in [-0.2, 0) is 25.0 Å². The molecule has 2 aromatic carbocycles. The molecule has 0 atom stereocenters. The van der Waals surface area contributed by atoms with Crippen LogP contribution in [0.25, 0.3) is 11.0 Å². The van der Waals surface area contributed by atoms with Crippen molar-refractivity contribution >= 4 is 17.2 Å². The molecule has 4 rings (SSSR count). The third-order valence-electron chi connectivity index (χ3n) is 4.73. The number of aromatic nitrogens is 3. The fourth-order valence-electron chi connectivity index (χ4n) is 3.16. The van der Waals surface area contributed by atoms with Gasteiger partial charge in [0.1, 0.15) is 12.3 Å². The maximum atomic E-state index is 13.0. The number of oxime groups is 1. The summed E-state index contributed by atoms with van der Waals surface area (Å²) in [6.07, 6.45) is 3.06. The number of nitrogens with zero attached hydrogens (tertiary/aromatic N) is 4. The average Bonchev–Trinajstić information content (AvgIpc) is 2.79. The van der Waals surface area contributed by atoms with Gasteiger partial charge in [0.15, 0.2) is 0 Å². The molecule has 7 nitrogen and oxygen atoms in total. The molecule has 2 aromatic heterocycles. The Hall–Kier alpha value is -4.00. The summed E-state index contributed by atoms with van der Waals surface area (Å²) >= 11 is 0. The smallest absolute Gasteiger partial charge is 0.332 e. The predicted octanol–water partition coefficient (Wildman–Crippen LogP) is 2.69. The Morgan fingerprint density at radius 2 is 1.67 bits per heavy atom. The second kappa shape index (κ2) is 8.57. The standard InChI is InChI=1S/C23H20N4O3/c1-26-21-20(22(28)27(23(26)29)15-17-8-4-2-5-9-17)12-19(13-24-21)14-25-30-16-18-10-6-3-7-11-18/h2-14H,15-16H2,1H3/b25-14+. The first-order valence-corrected chi connectivity index (χ1v) is 9.46. The van der Waals surface area contributed by atoms with E-state index >= 15 is 0 Å². The lowest BCUT2D eigenvalue weighted by Gasteiger charge is -2.10. The number of rotatable bonds is 6. The third-order valence-corrected chi connectivity index (χ3v) is 4.73. The molecule has 0 aliphatic carbocycles. The molecular weight excluding hydrogens is 380 g/mol. The molecular formula is C23H20N4O3. The molecule has 0 saturated carbocycles. The van der Waals surface area contributed by atoms with E-state index < -0.39 is 5.69 Å². The lowest BCUT2D eigenvalue weighted by molar-refractivity contribution is 0.132. The van der Waals surface area contributed by atoms with Crippen molar-refractivity contribution in [2.45, 2.75) is 13.2 Å². The summed E-state index contributed by atoms with van der Waals surface area (Å²) in [6.45, 7) is 0.539. The largest absolute Gasteiger partial charge is 0.391 e. The van der Waals surface area contributed by atoms with Gasteiger partial charge in [-0.15, -0.1) is 0 Å². The van der Waals surface area contributed by atoms with Crippen LogP contribution in [0.15, 0.2) is 87.7 Å². The van der Waals surface area contributed by atoms with Gasteiger partial charge in [0.25, 0.3) is 5.56 Å². The Bertz CT molecular complexity index is 1310. The molecule has 30 heavy (non-hydrogen) atoms.